The van der Waals surface area contributed by atoms with Gasteiger partial charge in [-0.1, -0.05) is 45.5 Å². The van der Waals surface area contributed by atoms with E-state index in [4.69, 9.17) is 4.74 Å². The van der Waals surface area contributed by atoms with Gasteiger partial charge in [-0.3, -0.25) is 4.79 Å². The minimum Gasteiger partial charge on any atom is -0.458 e. The van der Waals surface area contributed by atoms with Crippen molar-refractivity contribution in [3.63, 3.8) is 0 Å². The first-order valence-corrected chi connectivity index (χ1v) is 8.75. The van der Waals surface area contributed by atoms with Crippen LogP contribution in [-0.4, -0.2) is 17.9 Å². The van der Waals surface area contributed by atoms with Gasteiger partial charge in [0.15, 0.2) is 5.78 Å². The van der Waals surface area contributed by atoms with Crippen molar-refractivity contribution in [2.24, 2.45) is 16.7 Å². The van der Waals surface area contributed by atoms with Crippen LogP contribution in [0.4, 0.5) is 0 Å². The van der Waals surface area contributed by atoms with Gasteiger partial charge in [0.2, 0.25) is 0 Å². The van der Waals surface area contributed by atoms with Crippen LogP contribution in [-0.2, 0) is 9.53 Å². The third-order valence-corrected chi connectivity index (χ3v) is 6.37. The largest absolute Gasteiger partial charge is 0.458 e. The van der Waals surface area contributed by atoms with Crippen molar-refractivity contribution in [2.75, 3.05) is 0 Å². The van der Waals surface area contributed by atoms with Gasteiger partial charge >= 0.3 is 5.97 Å². The summed E-state index contributed by atoms with van der Waals surface area (Å²) in [5.74, 6) is 0.241. The first-order chi connectivity index (χ1) is 11.3. The van der Waals surface area contributed by atoms with Gasteiger partial charge in [0.1, 0.15) is 6.10 Å². The molecule has 0 bridgehead atoms. The lowest BCUT2D eigenvalue weighted by Crippen LogP contribution is -2.54. The molecular weight excluding hydrogens is 300 g/mol. The molecule has 24 heavy (non-hydrogen) atoms. The van der Waals surface area contributed by atoms with Gasteiger partial charge in [-0.05, 0) is 48.3 Å². The van der Waals surface area contributed by atoms with Crippen molar-refractivity contribution in [2.45, 2.75) is 52.6 Å². The zero-order chi connectivity index (χ0) is 17.5. The number of allylic oxidation sites excluding steroid dienone is 1. The number of benzene rings is 1. The van der Waals surface area contributed by atoms with Gasteiger partial charge in [0.05, 0.1) is 5.56 Å². The van der Waals surface area contributed by atoms with Crippen molar-refractivity contribution in [3.8, 4) is 0 Å². The fourth-order valence-corrected chi connectivity index (χ4v) is 4.80. The fraction of sp³-hybridized carbons (Fsp3) is 0.524. The maximum absolute atomic E-state index is 12.5. The second kappa shape index (κ2) is 5.87. The minimum atomic E-state index is -0.261. The number of Topliss-reactive ketones (excluding diaryl/α,β-unsaturated/α-hetero) is 1. The molecule has 0 N–H and O–H groups in total. The number of hydrogen-bond donors (Lipinski definition) is 0. The summed E-state index contributed by atoms with van der Waals surface area (Å²) < 4.78 is 5.90. The van der Waals surface area contributed by atoms with Crippen LogP contribution >= 0.6 is 0 Å². The number of fused-ring (bicyclic) bond motifs is 1. The molecule has 2 aliphatic carbocycles. The smallest absolute Gasteiger partial charge is 0.338 e. The lowest BCUT2D eigenvalue weighted by molar-refractivity contribution is -0.131. The quantitative estimate of drug-likeness (QED) is 0.590. The Morgan fingerprint density at radius 1 is 1.17 bits per heavy atom. The molecule has 0 spiro atoms. The summed E-state index contributed by atoms with van der Waals surface area (Å²) in [6.07, 6.45) is 2.88. The predicted octanol–water partition coefficient (Wildman–Crippen LogP) is 4.57. The Kier molecular flexibility index (Phi) is 4.15. The van der Waals surface area contributed by atoms with Gasteiger partial charge in [0, 0.05) is 11.8 Å². The Bertz CT molecular complexity index is 674. The molecule has 3 nitrogen and oxygen atoms in total. The summed E-state index contributed by atoms with van der Waals surface area (Å²) in [7, 11) is 0. The number of rotatable bonds is 2. The van der Waals surface area contributed by atoms with Crippen molar-refractivity contribution < 1.29 is 14.3 Å². The second-order valence-electron chi connectivity index (χ2n) is 8.03. The third kappa shape index (κ3) is 2.60. The molecule has 0 aromatic heterocycles. The van der Waals surface area contributed by atoms with E-state index < -0.39 is 0 Å². The van der Waals surface area contributed by atoms with Crippen molar-refractivity contribution in [3.05, 3.63) is 48.0 Å². The predicted molar refractivity (Wildman–Crippen MR) is 93.6 cm³/mol. The molecule has 2 fully saturated rings. The average Bonchev–Trinajstić information content (AvgIpc) is 2.56. The molecule has 0 amide bonds. The molecule has 3 atom stereocenters. The first kappa shape index (κ1) is 16.9. The van der Waals surface area contributed by atoms with E-state index in [2.05, 4.69) is 27.4 Å². The molecule has 128 valence electrons. The van der Waals surface area contributed by atoms with Crippen molar-refractivity contribution >= 4 is 11.8 Å². The number of carbonyl (C=O) groups is 2. The number of esters is 1. The van der Waals surface area contributed by atoms with Gasteiger partial charge in [-0.2, -0.15) is 0 Å². The van der Waals surface area contributed by atoms with E-state index in [-0.39, 0.29) is 28.7 Å². The molecule has 0 aliphatic heterocycles. The average molecular weight is 326 g/mol. The van der Waals surface area contributed by atoms with Crippen LogP contribution in [0.5, 0.6) is 0 Å². The Morgan fingerprint density at radius 3 is 2.50 bits per heavy atom. The van der Waals surface area contributed by atoms with E-state index in [1.54, 1.807) is 12.1 Å². The lowest BCUT2D eigenvalue weighted by Gasteiger charge is -2.56. The van der Waals surface area contributed by atoms with Gasteiger partial charge in [0.25, 0.3) is 0 Å². The van der Waals surface area contributed by atoms with E-state index >= 15 is 0 Å². The fourth-order valence-electron chi connectivity index (χ4n) is 4.80. The molecule has 0 saturated heterocycles. The zero-order valence-electron chi connectivity index (χ0n) is 14.8. The molecule has 2 saturated carbocycles. The molecule has 3 rings (SSSR count). The first-order valence-electron chi connectivity index (χ1n) is 8.75. The van der Waals surface area contributed by atoms with Crippen LogP contribution in [0.15, 0.2) is 42.5 Å². The van der Waals surface area contributed by atoms with Gasteiger partial charge in [-0.25, -0.2) is 4.79 Å². The Balaban J connectivity index is 1.82. The Labute approximate surface area is 144 Å². The third-order valence-electron chi connectivity index (χ3n) is 6.37. The lowest BCUT2D eigenvalue weighted by atomic mass is 9.49. The summed E-state index contributed by atoms with van der Waals surface area (Å²) in [4.78, 5) is 24.6. The monoisotopic (exact) mass is 326 g/mol. The maximum atomic E-state index is 12.5. The molecule has 0 radical (unpaired) electrons. The standard InChI is InChI=1S/C21H26O3/c1-14-16(22)10-11-17-20(2,3)18(12-13-21(14,17)4)24-19(23)15-8-6-5-7-9-15/h5-9,17-18H,1,10-13H2,2-4H3. The van der Waals surface area contributed by atoms with E-state index in [0.717, 1.165) is 24.8 Å². The van der Waals surface area contributed by atoms with Crippen LogP contribution < -0.4 is 0 Å². The molecule has 0 heterocycles. The maximum Gasteiger partial charge on any atom is 0.338 e. The summed E-state index contributed by atoms with van der Waals surface area (Å²) in [5, 5.41) is 0. The SMILES string of the molecule is C=C1C(=O)CCC2C1(C)CCC(OC(=O)c1ccccc1)C2(C)C. The van der Waals surface area contributed by atoms with Crippen LogP contribution in [0.1, 0.15) is 56.8 Å². The van der Waals surface area contributed by atoms with Crippen LogP contribution in [0.25, 0.3) is 0 Å². The number of carbonyl (C=O) groups excluding carboxylic acids is 2. The zero-order valence-corrected chi connectivity index (χ0v) is 14.8. The number of ether oxygens (including phenoxy) is 1. The topological polar surface area (TPSA) is 43.4 Å². The highest BCUT2D eigenvalue weighted by molar-refractivity contribution is 5.97. The highest BCUT2D eigenvalue weighted by atomic mass is 16.5. The van der Waals surface area contributed by atoms with E-state index in [0.29, 0.717) is 17.9 Å². The molecular formula is C21H26O3. The highest BCUT2D eigenvalue weighted by Gasteiger charge is 2.56. The highest BCUT2D eigenvalue weighted by Crippen LogP contribution is 2.59. The normalized spacial score (nSPS) is 32.1. The number of hydrogen-bond acceptors (Lipinski definition) is 3. The van der Waals surface area contributed by atoms with Gasteiger partial charge < -0.3 is 4.74 Å². The number of ketones is 1. The summed E-state index contributed by atoms with van der Waals surface area (Å²) in [5.41, 5.74) is 1.000. The molecule has 1 aromatic rings. The van der Waals surface area contributed by atoms with Crippen molar-refractivity contribution in [1.82, 2.24) is 0 Å². The van der Waals surface area contributed by atoms with Crippen LogP contribution in [0, 0.1) is 16.7 Å². The van der Waals surface area contributed by atoms with Crippen LogP contribution in [0.2, 0.25) is 0 Å². The Morgan fingerprint density at radius 2 is 1.83 bits per heavy atom. The van der Waals surface area contributed by atoms with Crippen LogP contribution in [0.3, 0.4) is 0 Å². The van der Waals surface area contributed by atoms with E-state index in [1.165, 1.54) is 0 Å². The summed E-state index contributed by atoms with van der Waals surface area (Å²) >= 11 is 0. The summed E-state index contributed by atoms with van der Waals surface area (Å²) in [6.45, 7) is 10.6. The molecule has 3 unspecified atom stereocenters. The second-order valence-corrected chi connectivity index (χ2v) is 8.03. The molecule has 2 aliphatic rings. The minimum absolute atomic E-state index is 0.135. The summed E-state index contributed by atoms with van der Waals surface area (Å²) in [6, 6.07) is 9.14. The van der Waals surface area contributed by atoms with Gasteiger partial charge in [-0.15, -0.1) is 0 Å². The molecule has 3 heteroatoms. The van der Waals surface area contributed by atoms with E-state index in [1.807, 2.05) is 18.2 Å². The van der Waals surface area contributed by atoms with E-state index in [9.17, 15) is 9.59 Å². The van der Waals surface area contributed by atoms with Crippen molar-refractivity contribution in [1.29, 1.82) is 0 Å². The molecule has 1 aromatic carbocycles. The Hall–Kier alpha value is -1.90.